The fourth-order valence-electron chi connectivity index (χ4n) is 7.77. The van der Waals surface area contributed by atoms with Crippen molar-refractivity contribution >= 4 is 60.5 Å². The van der Waals surface area contributed by atoms with Crippen LogP contribution in [0, 0.1) is 0 Å². The molecule has 0 saturated heterocycles. The van der Waals surface area contributed by atoms with Gasteiger partial charge in [0, 0.05) is 27.7 Å². The zero-order valence-corrected chi connectivity index (χ0v) is 28.4. The van der Waals surface area contributed by atoms with E-state index >= 15 is 0 Å². The highest BCUT2D eigenvalue weighted by Crippen LogP contribution is 2.45. The number of rotatable bonds is 6. The van der Waals surface area contributed by atoms with Gasteiger partial charge in [0.25, 0.3) is 0 Å². The van der Waals surface area contributed by atoms with Crippen molar-refractivity contribution in [2.24, 2.45) is 0 Å². The summed E-state index contributed by atoms with van der Waals surface area (Å²) in [7, 11) is 0. The van der Waals surface area contributed by atoms with Crippen LogP contribution in [-0.2, 0) is 0 Å². The van der Waals surface area contributed by atoms with Crippen LogP contribution in [0.25, 0.3) is 76.9 Å². The third-order valence-corrected chi connectivity index (χ3v) is 10.3. The topological polar surface area (TPSA) is 16.4 Å². The number of benzene rings is 9. The first-order valence-corrected chi connectivity index (χ1v) is 17.8. The third-order valence-electron chi connectivity index (χ3n) is 10.3. The van der Waals surface area contributed by atoms with E-state index in [0.717, 1.165) is 44.6 Å². The molecular formula is C50H33NO. The Morgan fingerprint density at radius 3 is 1.87 bits per heavy atom. The number of para-hydroxylation sites is 1. The zero-order chi connectivity index (χ0) is 34.4. The van der Waals surface area contributed by atoms with Gasteiger partial charge in [-0.25, -0.2) is 0 Å². The Morgan fingerprint density at radius 1 is 0.327 bits per heavy atom. The molecule has 0 atom stereocenters. The molecule has 2 heteroatoms. The van der Waals surface area contributed by atoms with Gasteiger partial charge in [-0.05, 0) is 97.9 Å². The fraction of sp³-hybridized carbons (Fsp3) is 0. The smallest absolute Gasteiger partial charge is 0.136 e. The van der Waals surface area contributed by atoms with Crippen molar-refractivity contribution in [3.8, 4) is 33.4 Å². The number of hydrogen-bond donors (Lipinski definition) is 0. The summed E-state index contributed by atoms with van der Waals surface area (Å²) >= 11 is 0. The quantitative estimate of drug-likeness (QED) is 0.176. The molecule has 0 saturated carbocycles. The van der Waals surface area contributed by atoms with Crippen molar-refractivity contribution in [2.75, 3.05) is 4.90 Å². The summed E-state index contributed by atoms with van der Waals surface area (Å²) in [5.74, 6) is 0. The minimum absolute atomic E-state index is 0.870. The van der Waals surface area contributed by atoms with Gasteiger partial charge in [-0.15, -0.1) is 0 Å². The third kappa shape index (κ3) is 5.12. The van der Waals surface area contributed by atoms with Crippen LogP contribution in [0.4, 0.5) is 17.1 Å². The molecule has 2 nitrogen and oxygen atoms in total. The molecule has 0 fully saturated rings. The first-order chi connectivity index (χ1) is 25.8. The Kier molecular flexibility index (Phi) is 7.18. The van der Waals surface area contributed by atoms with Crippen molar-refractivity contribution in [1.82, 2.24) is 0 Å². The van der Waals surface area contributed by atoms with Gasteiger partial charge in [0.1, 0.15) is 11.2 Å². The molecule has 0 bridgehead atoms. The predicted octanol–water partition coefficient (Wildman–Crippen LogP) is 14.4. The van der Waals surface area contributed by atoms with Crippen molar-refractivity contribution in [3.05, 3.63) is 200 Å². The van der Waals surface area contributed by atoms with Crippen LogP contribution in [0.15, 0.2) is 205 Å². The number of anilines is 3. The Balaban J connectivity index is 1.17. The highest BCUT2D eigenvalue weighted by molar-refractivity contribution is 6.16. The maximum absolute atomic E-state index is 6.54. The Hall–Kier alpha value is -6.90. The van der Waals surface area contributed by atoms with Crippen molar-refractivity contribution in [2.45, 2.75) is 0 Å². The van der Waals surface area contributed by atoms with Gasteiger partial charge >= 0.3 is 0 Å². The lowest BCUT2D eigenvalue weighted by Gasteiger charge is -2.28. The number of nitrogens with zero attached hydrogens (tertiary/aromatic N) is 1. The fourth-order valence-corrected chi connectivity index (χ4v) is 7.77. The van der Waals surface area contributed by atoms with E-state index in [0.29, 0.717) is 0 Å². The zero-order valence-electron chi connectivity index (χ0n) is 28.4. The molecule has 0 aliphatic carbocycles. The highest BCUT2D eigenvalue weighted by Gasteiger charge is 2.20. The van der Waals surface area contributed by atoms with Gasteiger partial charge in [0.15, 0.2) is 0 Å². The minimum Gasteiger partial charge on any atom is -0.456 e. The van der Waals surface area contributed by atoms with Crippen LogP contribution in [0.1, 0.15) is 0 Å². The van der Waals surface area contributed by atoms with E-state index in [-0.39, 0.29) is 0 Å². The SMILES string of the molecule is c1ccc(-c2ccccc2N(c2ccc(-c3ccc4ccccc4c3)cc2)c2ccc3oc4cccc(-c5cccc6ccccc56)c4c3c2)cc1. The monoisotopic (exact) mass is 663 g/mol. The van der Waals surface area contributed by atoms with E-state index in [9.17, 15) is 0 Å². The van der Waals surface area contributed by atoms with Gasteiger partial charge in [-0.2, -0.15) is 0 Å². The van der Waals surface area contributed by atoms with Crippen LogP contribution in [0.5, 0.6) is 0 Å². The molecule has 1 heterocycles. The van der Waals surface area contributed by atoms with E-state index in [1.807, 2.05) is 0 Å². The molecule has 0 aliphatic heterocycles. The summed E-state index contributed by atoms with van der Waals surface area (Å²) in [4.78, 5) is 2.38. The van der Waals surface area contributed by atoms with Crippen LogP contribution in [0.2, 0.25) is 0 Å². The van der Waals surface area contributed by atoms with Crippen molar-refractivity contribution < 1.29 is 4.42 Å². The first kappa shape index (κ1) is 30.0. The maximum atomic E-state index is 6.54. The van der Waals surface area contributed by atoms with Gasteiger partial charge in [0.2, 0.25) is 0 Å². The minimum atomic E-state index is 0.870. The summed E-state index contributed by atoms with van der Waals surface area (Å²) < 4.78 is 6.54. The molecule has 0 aliphatic rings. The summed E-state index contributed by atoms with van der Waals surface area (Å²) in [5, 5.41) is 7.15. The van der Waals surface area contributed by atoms with Crippen LogP contribution < -0.4 is 4.90 Å². The maximum Gasteiger partial charge on any atom is 0.136 e. The second-order valence-corrected chi connectivity index (χ2v) is 13.3. The van der Waals surface area contributed by atoms with E-state index in [1.165, 1.54) is 49.4 Å². The van der Waals surface area contributed by atoms with Crippen molar-refractivity contribution in [1.29, 1.82) is 0 Å². The molecule has 0 N–H and O–H groups in total. The second kappa shape index (κ2) is 12.5. The summed E-state index contributed by atoms with van der Waals surface area (Å²) in [6.45, 7) is 0. The average molecular weight is 664 g/mol. The normalized spacial score (nSPS) is 11.5. The molecule has 0 amide bonds. The molecule has 244 valence electrons. The van der Waals surface area contributed by atoms with Gasteiger partial charge < -0.3 is 9.32 Å². The summed E-state index contributed by atoms with van der Waals surface area (Å²) in [5.41, 5.74) is 12.1. The lowest BCUT2D eigenvalue weighted by molar-refractivity contribution is 0.669. The number of fused-ring (bicyclic) bond motifs is 5. The van der Waals surface area contributed by atoms with Crippen molar-refractivity contribution in [3.63, 3.8) is 0 Å². The van der Waals surface area contributed by atoms with Gasteiger partial charge in [0.05, 0.1) is 5.69 Å². The molecule has 9 aromatic carbocycles. The number of furan rings is 1. The average Bonchev–Trinajstić information content (AvgIpc) is 3.60. The summed E-state index contributed by atoms with van der Waals surface area (Å²) in [6.07, 6.45) is 0. The van der Waals surface area contributed by atoms with E-state index in [1.54, 1.807) is 0 Å². The predicted molar refractivity (Wildman–Crippen MR) is 220 cm³/mol. The van der Waals surface area contributed by atoms with E-state index < -0.39 is 0 Å². The molecule has 0 spiro atoms. The Morgan fingerprint density at radius 2 is 0.981 bits per heavy atom. The molecule has 0 unspecified atom stereocenters. The first-order valence-electron chi connectivity index (χ1n) is 17.8. The van der Waals surface area contributed by atoms with Crippen LogP contribution in [-0.4, -0.2) is 0 Å². The van der Waals surface area contributed by atoms with Gasteiger partial charge in [-0.1, -0.05) is 152 Å². The highest BCUT2D eigenvalue weighted by atomic mass is 16.3. The Labute approximate surface area is 302 Å². The standard InChI is InChI=1S/C50H33NO/c1-2-13-37(14-3-1)43-19-8-9-22-47(43)51(40-28-26-35(27-29-40)39-25-24-34-12-4-5-16-38(34)32-39)41-30-31-48-46(33-41)50-45(21-11-23-49(50)52-48)44-20-10-17-36-15-6-7-18-42(36)44/h1-33H. The van der Waals surface area contributed by atoms with Gasteiger partial charge in [-0.3, -0.25) is 0 Å². The molecule has 10 aromatic rings. The van der Waals surface area contributed by atoms with Crippen LogP contribution >= 0.6 is 0 Å². The lowest BCUT2D eigenvalue weighted by Crippen LogP contribution is -2.11. The van der Waals surface area contributed by atoms with Crippen LogP contribution in [0.3, 0.4) is 0 Å². The molecule has 1 aromatic heterocycles. The molecule has 52 heavy (non-hydrogen) atoms. The number of hydrogen-bond acceptors (Lipinski definition) is 2. The largest absolute Gasteiger partial charge is 0.456 e. The van der Waals surface area contributed by atoms with E-state index in [4.69, 9.17) is 4.42 Å². The molecule has 0 radical (unpaired) electrons. The molecule has 10 rings (SSSR count). The summed E-state index contributed by atoms with van der Waals surface area (Å²) in [6, 6.07) is 71.7. The lowest BCUT2D eigenvalue weighted by atomic mass is 9.94. The van der Waals surface area contributed by atoms with E-state index in [2.05, 4.69) is 205 Å². The second-order valence-electron chi connectivity index (χ2n) is 13.3. The molecular weight excluding hydrogens is 631 g/mol. The Bertz CT molecular complexity index is 2900.